The lowest BCUT2D eigenvalue weighted by molar-refractivity contribution is 0.929. The molecule has 0 spiro atoms. The van der Waals surface area contributed by atoms with Crippen LogP contribution in [0.5, 0.6) is 0 Å². The average Bonchev–Trinajstić information content (AvgIpc) is 3.07. The molecule has 126 valence electrons. The average molecular weight is 323 g/mol. The molecule has 2 heterocycles. The van der Waals surface area contributed by atoms with Crippen molar-refractivity contribution in [3.8, 4) is 0 Å². The number of rotatable bonds is 4. The van der Waals surface area contributed by atoms with Crippen LogP contribution in [-0.4, -0.2) is 24.0 Å². The number of benzene rings is 1. The molecular formula is C19H25N5. The summed E-state index contributed by atoms with van der Waals surface area (Å²) in [6, 6.07) is 10.4. The van der Waals surface area contributed by atoms with Crippen LogP contribution >= 0.6 is 0 Å². The molecule has 0 amide bonds. The molecule has 1 aliphatic heterocycles. The number of nitrogens with two attached hydrogens (primary N) is 1. The summed E-state index contributed by atoms with van der Waals surface area (Å²) >= 11 is 0. The first kappa shape index (κ1) is 16.3. The first-order valence-corrected chi connectivity index (χ1v) is 8.45. The molecule has 1 fully saturated rings. The Bertz CT molecular complexity index is 695. The van der Waals surface area contributed by atoms with E-state index in [1.54, 1.807) is 0 Å². The summed E-state index contributed by atoms with van der Waals surface area (Å²) in [7, 11) is 0. The summed E-state index contributed by atoms with van der Waals surface area (Å²) in [5.74, 6) is 1.48. The SMILES string of the molecule is Cc1cc(C)cc(NC(N)=NCc2ccc(N3CCCC3)nc2)c1. The lowest BCUT2D eigenvalue weighted by atomic mass is 10.1. The van der Waals surface area contributed by atoms with Crippen LogP contribution < -0.4 is 16.0 Å². The first-order valence-electron chi connectivity index (χ1n) is 8.45. The zero-order valence-corrected chi connectivity index (χ0v) is 14.4. The van der Waals surface area contributed by atoms with Gasteiger partial charge < -0.3 is 16.0 Å². The number of anilines is 2. The summed E-state index contributed by atoms with van der Waals surface area (Å²) in [6.07, 6.45) is 4.41. The van der Waals surface area contributed by atoms with Gasteiger partial charge in [-0.25, -0.2) is 9.98 Å². The molecule has 1 aliphatic rings. The van der Waals surface area contributed by atoms with E-state index in [4.69, 9.17) is 5.73 Å². The second-order valence-corrected chi connectivity index (χ2v) is 6.42. The van der Waals surface area contributed by atoms with Crippen molar-refractivity contribution < 1.29 is 0 Å². The number of pyridine rings is 1. The van der Waals surface area contributed by atoms with Crippen molar-refractivity contribution in [2.24, 2.45) is 10.7 Å². The van der Waals surface area contributed by atoms with Crippen molar-refractivity contribution in [3.63, 3.8) is 0 Å². The summed E-state index contributed by atoms with van der Waals surface area (Å²) in [5.41, 5.74) is 10.4. The largest absolute Gasteiger partial charge is 0.370 e. The van der Waals surface area contributed by atoms with Gasteiger partial charge in [-0.3, -0.25) is 0 Å². The van der Waals surface area contributed by atoms with Crippen molar-refractivity contribution in [3.05, 3.63) is 53.2 Å². The predicted octanol–water partition coefficient (Wildman–Crippen LogP) is 3.23. The van der Waals surface area contributed by atoms with Gasteiger partial charge in [0.05, 0.1) is 6.54 Å². The topological polar surface area (TPSA) is 66.5 Å². The highest BCUT2D eigenvalue weighted by molar-refractivity contribution is 5.92. The Hall–Kier alpha value is -2.56. The van der Waals surface area contributed by atoms with E-state index in [9.17, 15) is 0 Å². The van der Waals surface area contributed by atoms with Gasteiger partial charge in [-0.15, -0.1) is 0 Å². The third-order valence-corrected chi connectivity index (χ3v) is 4.17. The molecule has 0 radical (unpaired) electrons. The molecule has 3 rings (SSSR count). The number of hydrogen-bond donors (Lipinski definition) is 2. The van der Waals surface area contributed by atoms with Gasteiger partial charge in [-0.2, -0.15) is 0 Å². The van der Waals surface area contributed by atoms with Crippen molar-refractivity contribution in [1.29, 1.82) is 0 Å². The molecule has 5 nitrogen and oxygen atoms in total. The fourth-order valence-electron chi connectivity index (χ4n) is 3.05. The van der Waals surface area contributed by atoms with Crippen LogP contribution in [0.2, 0.25) is 0 Å². The van der Waals surface area contributed by atoms with E-state index in [0.29, 0.717) is 12.5 Å². The molecule has 0 aliphatic carbocycles. The zero-order valence-electron chi connectivity index (χ0n) is 14.4. The van der Waals surface area contributed by atoms with Gasteiger partial charge in [-0.05, 0) is 61.6 Å². The Morgan fingerprint density at radius 3 is 2.50 bits per heavy atom. The van der Waals surface area contributed by atoms with Crippen molar-refractivity contribution in [2.75, 3.05) is 23.3 Å². The molecule has 3 N–H and O–H groups in total. The van der Waals surface area contributed by atoms with Crippen molar-refractivity contribution in [1.82, 2.24) is 4.98 Å². The predicted molar refractivity (Wildman–Crippen MR) is 101 cm³/mol. The highest BCUT2D eigenvalue weighted by Crippen LogP contribution is 2.18. The Kier molecular flexibility index (Phi) is 4.99. The van der Waals surface area contributed by atoms with E-state index in [1.807, 2.05) is 6.20 Å². The van der Waals surface area contributed by atoms with Crippen LogP contribution in [0.15, 0.2) is 41.5 Å². The molecule has 1 aromatic carbocycles. The van der Waals surface area contributed by atoms with Crippen LogP contribution in [0.3, 0.4) is 0 Å². The van der Waals surface area contributed by atoms with Gasteiger partial charge in [0.1, 0.15) is 5.82 Å². The lowest BCUT2D eigenvalue weighted by Crippen LogP contribution is -2.22. The standard InChI is InChI=1S/C19H25N5/c1-14-9-15(2)11-17(10-14)23-19(20)22-13-16-5-6-18(21-12-16)24-7-3-4-8-24/h5-6,9-12H,3-4,7-8,13H2,1-2H3,(H3,20,22,23). The molecule has 1 saturated heterocycles. The molecule has 1 aromatic heterocycles. The van der Waals surface area contributed by atoms with Crippen LogP contribution in [0, 0.1) is 13.8 Å². The van der Waals surface area contributed by atoms with Gasteiger partial charge in [0.25, 0.3) is 0 Å². The fraction of sp³-hybridized carbons (Fsp3) is 0.368. The van der Waals surface area contributed by atoms with Gasteiger partial charge >= 0.3 is 0 Å². The highest BCUT2D eigenvalue weighted by Gasteiger charge is 2.12. The van der Waals surface area contributed by atoms with E-state index in [1.165, 1.54) is 24.0 Å². The molecule has 2 aromatic rings. The number of guanidine groups is 1. The van der Waals surface area contributed by atoms with Gasteiger partial charge in [0.15, 0.2) is 5.96 Å². The first-order chi connectivity index (χ1) is 11.6. The van der Waals surface area contributed by atoms with Gasteiger partial charge in [0, 0.05) is 25.0 Å². The summed E-state index contributed by atoms with van der Waals surface area (Å²) in [5, 5.41) is 3.15. The van der Waals surface area contributed by atoms with Crippen LogP contribution in [-0.2, 0) is 6.54 Å². The minimum atomic E-state index is 0.420. The Labute approximate surface area is 143 Å². The lowest BCUT2D eigenvalue weighted by Gasteiger charge is -2.16. The van der Waals surface area contributed by atoms with E-state index < -0.39 is 0 Å². The highest BCUT2D eigenvalue weighted by atomic mass is 15.2. The summed E-state index contributed by atoms with van der Waals surface area (Å²) in [6.45, 7) is 6.88. The molecular weight excluding hydrogens is 298 g/mol. The Morgan fingerprint density at radius 1 is 1.17 bits per heavy atom. The van der Waals surface area contributed by atoms with E-state index in [0.717, 1.165) is 30.2 Å². The molecule has 0 atom stereocenters. The zero-order chi connectivity index (χ0) is 16.9. The van der Waals surface area contributed by atoms with Crippen molar-refractivity contribution in [2.45, 2.75) is 33.2 Å². The normalized spacial score (nSPS) is 14.9. The van der Waals surface area contributed by atoms with E-state index >= 15 is 0 Å². The fourth-order valence-corrected chi connectivity index (χ4v) is 3.05. The van der Waals surface area contributed by atoms with Crippen LogP contribution in [0.1, 0.15) is 29.5 Å². The Morgan fingerprint density at radius 2 is 1.88 bits per heavy atom. The summed E-state index contributed by atoms with van der Waals surface area (Å²) < 4.78 is 0. The smallest absolute Gasteiger partial charge is 0.193 e. The van der Waals surface area contributed by atoms with Gasteiger partial charge in [0.2, 0.25) is 0 Å². The van der Waals surface area contributed by atoms with E-state index in [-0.39, 0.29) is 0 Å². The maximum atomic E-state index is 5.99. The molecule has 5 heteroatoms. The quantitative estimate of drug-likeness (QED) is 0.670. The number of nitrogens with one attached hydrogen (secondary N) is 1. The third-order valence-electron chi connectivity index (χ3n) is 4.17. The monoisotopic (exact) mass is 323 g/mol. The maximum Gasteiger partial charge on any atom is 0.193 e. The minimum absolute atomic E-state index is 0.420. The van der Waals surface area contributed by atoms with Crippen LogP contribution in [0.25, 0.3) is 0 Å². The number of hydrogen-bond acceptors (Lipinski definition) is 3. The molecule has 0 unspecified atom stereocenters. The van der Waals surface area contributed by atoms with Gasteiger partial charge in [-0.1, -0.05) is 12.1 Å². The number of aromatic nitrogens is 1. The van der Waals surface area contributed by atoms with E-state index in [2.05, 4.69) is 64.4 Å². The molecule has 24 heavy (non-hydrogen) atoms. The van der Waals surface area contributed by atoms with Crippen molar-refractivity contribution >= 4 is 17.5 Å². The minimum Gasteiger partial charge on any atom is -0.370 e. The number of nitrogens with zero attached hydrogens (tertiary/aromatic N) is 3. The number of aliphatic imine (C=N–C) groups is 1. The summed E-state index contributed by atoms with van der Waals surface area (Å²) in [4.78, 5) is 11.3. The second kappa shape index (κ2) is 7.34. The molecule has 0 bridgehead atoms. The third kappa shape index (κ3) is 4.25. The second-order valence-electron chi connectivity index (χ2n) is 6.42. The Balaban J connectivity index is 1.59. The van der Waals surface area contributed by atoms with Crippen LogP contribution in [0.4, 0.5) is 11.5 Å². The number of aryl methyl sites for hydroxylation is 2. The molecule has 0 saturated carbocycles. The maximum absolute atomic E-state index is 5.99.